The molecule has 106 valence electrons. The van der Waals surface area contributed by atoms with Crippen molar-refractivity contribution in [1.29, 1.82) is 0 Å². The standard InChI is InChI=1S/C17H17N3O/c1-20-16(10-4-6-13-7-5-11-18-12-13)19-15-9-3-2-8-14(15)17(20)21/h2-3,5,7-9,11-12H,4,6,10H2,1H3. The van der Waals surface area contributed by atoms with Crippen molar-refractivity contribution in [2.24, 2.45) is 7.05 Å². The SMILES string of the molecule is Cn1c(CCCc2cccnc2)nc2ccccc2c1=O. The van der Waals surface area contributed by atoms with E-state index in [1.165, 1.54) is 5.56 Å². The first-order valence-electron chi connectivity index (χ1n) is 7.09. The van der Waals surface area contributed by atoms with E-state index in [1.54, 1.807) is 17.8 Å². The minimum atomic E-state index is 0.0250. The number of aryl methyl sites for hydroxylation is 2. The maximum atomic E-state index is 12.3. The van der Waals surface area contributed by atoms with Crippen molar-refractivity contribution in [1.82, 2.24) is 14.5 Å². The molecule has 2 aromatic heterocycles. The van der Waals surface area contributed by atoms with Crippen LogP contribution in [0, 0.1) is 0 Å². The monoisotopic (exact) mass is 279 g/mol. The third kappa shape index (κ3) is 2.84. The average molecular weight is 279 g/mol. The normalized spacial score (nSPS) is 10.9. The van der Waals surface area contributed by atoms with Gasteiger partial charge in [0.15, 0.2) is 0 Å². The lowest BCUT2D eigenvalue weighted by Gasteiger charge is -2.09. The fraction of sp³-hybridized carbons (Fsp3) is 0.235. The van der Waals surface area contributed by atoms with Gasteiger partial charge in [-0.3, -0.25) is 14.3 Å². The molecular formula is C17H17N3O. The summed E-state index contributed by atoms with van der Waals surface area (Å²) in [4.78, 5) is 21.0. The predicted octanol–water partition coefficient (Wildman–Crippen LogP) is 2.50. The number of hydrogen-bond donors (Lipinski definition) is 0. The van der Waals surface area contributed by atoms with Crippen LogP contribution in [0.4, 0.5) is 0 Å². The highest BCUT2D eigenvalue weighted by Crippen LogP contribution is 2.09. The number of pyridine rings is 1. The summed E-state index contributed by atoms with van der Waals surface area (Å²) in [6, 6.07) is 11.5. The van der Waals surface area contributed by atoms with Gasteiger partial charge in [0, 0.05) is 25.9 Å². The molecule has 0 spiro atoms. The largest absolute Gasteiger partial charge is 0.299 e. The Kier molecular flexibility index (Phi) is 3.77. The van der Waals surface area contributed by atoms with Crippen LogP contribution in [0.25, 0.3) is 10.9 Å². The van der Waals surface area contributed by atoms with Gasteiger partial charge in [-0.2, -0.15) is 0 Å². The maximum Gasteiger partial charge on any atom is 0.261 e. The van der Waals surface area contributed by atoms with E-state index in [-0.39, 0.29) is 5.56 Å². The molecule has 2 heterocycles. The molecule has 4 heteroatoms. The predicted molar refractivity (Wildman–Crippen MR) is 83.2 cm³/mol. The molecule has 0 aliphatic heterocycles. The first-order valence-corrected chi connectivity index (χ1v) is 7.09. The molecule has 3 aromatic rings. The summed E-state index contributed by atoms with van der Waals surface area (Å²) in [5, 5.41) is 0.677. The van der Waals surface area contributed by atoms with Crippen LogP contribution in [0.15, 0.2) is 53.6 Å². The van der Waals surface area contributed by atoms with Crippen molar-refractivity contribution in [3.05, 3.63) is 70.5 Å². The van der Waals surface area contributed by atoms with Crippen LogP contribution in [0.3, 0.4) is 0 Å². The van der Waals surface area contributed by atoms with Gasteiger partial charge >= 0.3 is 0 Å². The zero-order valence-electron chi connectivity index (χ0n) is 12.0. The Labute approximate surface area is 123 Å². The van der Waals surface area contributed by atoms with Crippen molar-refractivity contribution in [3.8, 4) is 0 Å². The lowest BCUT2D eigenvalue weighted by Crippen LogP contribution is -2.22. The van der Waals surface area contributed by atoms with Gasteiger partial charge in [0.2, 0.25) is 0 Å². The fourth-order valence-corrected chi connectivity index (χ4v) is 2.48. The highest BCUT2D eigenvalue weighted by atomic mass is 16.1. The maximum absolute atomic E-state index is 12.3. The lowest BCUT2D eigenvalue weighted by molar-refractivity contribution is 0.692. The topological polar surface area (TPSA) is 47.8 Å². The summed E-state index contributed by atoms with van der Waals surface area (Å²) in [6.45, 7) is 0. The molecule has 3 rings (SSSR count). The van der Waals surface area contributed by atoms with Crippen LogP contribution in [0.5, 0.6) is 0 Å². The highest BCUT2D eigenvalue weighted by molar-refractivity contribution is 5.77. The van der Waals surface area contributed by atoms with Gasteiger partial charge in [-0.1, -0.05) is 18.2 Å². The highest BCUT2D eigenvalue weighted by Gasteiger charge is 2.07. The van der Waals surface area contributed by atoms with Crippen LogP contribution >= 0.6 is 0 Å². The molecule has 21 heavy (non-hydrogen) atoms. The zero-order valence-corrected chi connectivity index (χ0v) is 12.0. The minimum absolute atomic E-state index is 0.0250. The van der Waals surface area contributed by atoms with Crippen LogP contribution < -0.4 is 5.56 Å². The van der Waals surface area contributed by atoms with E-state index in [4.69, 9.17) is 0 Å². The Bertz CT molecular complexity index is 809. The summed E-state index contributed by atoms with van der Waals surface area (Å²) < 4.78 is 1.66. The van der Waals surface area contributed by atoms with E-state index in [1.807, 2.05) is 36.5 Å². The summed E-state index contributed by atoms with van der Waals surface area (Å²) >= 11 is 0. The number of aromatic nitrogens is 3. The van der Waals surface area contributed by atoms with Gasteiger partial charge < -0.3 is 0 Å². The van der Waals surface area contributed by atoms with E-state index in [9.17, 15) is 4.79 Å². The van der Waals surface area contributed by atoms with Crippen LogP contribution in [-0.4, -0.2) is 14.5 Å². The van der Waals surface area contributed by atoms with Gasteiger partial charge in [0.05, 0.1) is 10.9 Å². The molecule has 0 atom stereocenters. The molecule has 0 bridgehead atoms. The summed E-state index contributed by atoms with van der Waals surface area (Å²) in [5.74, 6) is 0.836. The second-order valence-electron chi connectivity index (χ2n) is 5.12. The number of para-hydroxylation sites is 1. The molecule has 0 aliphatic carbocycles. The van der Waals surface area contributed by atoms with E-state index in [0.29, 0.717) is 5.39 Å². The second-order valence-corrected chi connectivity index (χ2v) is 5.12. The Morgan fingerprint density at radius 2 is 1.95 bits per heavy atom. The van der Waals surface area contributed by atoms with E-state index in [0.717, 1.165) is 30.6 Å². The molecule has 0 saturated heterocycles. The summed E-state index contributed by atoms with van der Waals surface area (Å²) in [7, 11) is 1.79. The third-order valence-corrected chi connectivity index (χ3v) is 3.66. The van der Waals surface area contributed by atoms with E-state index >= 15 is 0 Å². The molecule has 4 nitrogen and oxygen atoms in total. The van der Waals surface area contributed by atoms with Crippen LogP contribution in [0.2, 0.25) is 0 Å². The first kappa shape index (κ1) is 13.5. The van der Waals surface area contributed by atoms with Gasteiger partial charge in [-0.15, -0.1) is 0 Å². The molecule has 1 aromatic carbocycles. The second kappa shape index (κ2) is 5.87. The quantitative estimate of drug-likeness (QED) is 0.737. The van der Waals surface area contributed by atoms with Gasteiger partial charge in [0.25, 0.3) is 5.56 Å². The Morgan fingerprint density at radius 3 is 2.76 bits per heavy atom. The average Bonchev–Trinajstić information content (AvgIpc) is 2.53. The third-order valence-electron chi connectivity index (χ3n) is 3.66. The number of rotatable bonds is 4. The van der Waals surface area contributed by atoms with E-state index < -0.39 is 0 Å². The molecule has 0 saturated carbocycles. The van der Waals surface area contributed by atoms with Crippen LogP contribution in [0.1, 0.15) is 17.8 Å². The molecule has 0 amide bonds. The first-order chi connectivity index (χ1) is 10.3. The number of nitrogens with zero attached hydrogens (tertiary/aromatic N) is 3. The van der Waals surface area contributed by atoms with E-state index in [2.05, 4.69) is 16.0 Å². The summed E-state index contributed by atoms with van der Waals surface area (Å²) in [5.41, 5.74) is 2.01. The fourth-order valence-electron chi connectivity index (χ4n) is 2.48. The molecular weight excluding hydrogens is 262 g/mol. The lowest BCUT2D eigenvalue weighted by atomic mass is 10.1. The molecule has 0 radical (unpaired) electrons. The van der Waals surface area contributed by atoms with Crippen molar-refractivity contribution in [3.63, 3.8) is 0 Å². The van der Waals surface area contributed by atoms with Crippen molar-refractivity contribution in [2.75, 3.05) is 0 Å². The Hall–Kier alpha value is -2.49. The van der Waals surface area contributed by atoms with Crippen LogP contribution in [-0.2, 0) is 19.9 Å². The minimum Gasteiger partial charge on any atom is -0.299 e. The van der Waals surface area contributed by atoms with Gasteiger partial charge in [0.1, 0.15) is 5.82 Å². The smallest absolute Gasteiger partial charge is 0.261 e. The van der Waals surface area contributed by atoms with Crippen molar-refractivity contribution in [2.45, 2.75) is 19.3 Å². The number of hydrogen-bond acceptors (Lipinski definition) is 3. The number of fused-ring (bicyclic) bond motifs is 1. The van der Waals surface area contributed by atoms with Crippen molar-refractivity contribution >= 4 is 10.9 Å². The number of benzene rings is 1. The molecule has 0 unspecified atom stereocenters. The Balaban J connectivity index is 1.81. The van der Waals surface area contributed by atoms with Crippen molar-refractivity contribution < 1.29 is 0 Å². The Morgan fingerprint density at radius 1 is 1.10 bits per heavy atom. The molecule has 0 fully saturated rings. The van der Waals surface area contributed by atoms with Gasteiger partial charge in [-0.05, 0) is 36.6 Å². The molecule has 0 aliphatic rings. The van der Waals surface area contributed by atoms with Gasteiger partial charge in [-0.25, -0.2) is 4.98 Å². The zero-order chi connectivity index (χ0) is 14.7. The molecule has 0 N–H and O–H groups in total. The summed E-state index contributed by atoms with van der Waals surface area (Å²) in [6.07, 6.45) is 6.33.